The molecule has 0 aliphatic carbocycles. The molecule has 68 valence electrons. The Morgan fingerprint density at radius 2 is 2.00 bits per heavy atom. The second-order valence-electron chi connectivity index (χ2n) is 3.00. The Kier molecular flexibility index (Phi) is 1.98. The van der Waals surface area contributed by atoms with Gasteiger partial charge in [0.1, 0.15) is 0 Å². The molecule has 2 rings (SSSR count). The minimum absolute atomic E-state index is 0.128. The van der Waals surface area contributed by atoms with Crippen LogP contribution in [0.2, 0.25) is 0 Å². The van der Waals surface area contributed by atoms with E-state index >= 15 is 0 Å². The van der Waals surface area contributed by atoms with Crippen LogP contribution in [0.5, 0.6) is 0 Å². The first kappa shape index (κ1) is 8.19. The third-order valence-electron chi connectivity index (χ3n) is 2.17. The number of ether oxygens (including phenoxy) is 1. The monoisotopic (exact) mass is 179 g/mol. The zero-order valence-corrected chi connectivity index (χ0v) is 6.97. The Morgan fingerprint density at radius 3 is 2.38 bits per heavy atom. The van der Waals surface area contributed by atoms with E-state index in [2.05, 4.69) is 0 Å². The fraction of sp³-hybridized carbons (Fsp3) is 0.333. The van der Waals surface area contributed by atoms with Crippen molar-refractivity contribution in [1.82, 2.24) is 0 Å². The van der Waals surface area contributed by atoms with E-state index in [0.29, 0.717) is 0 Å². The van der Waals surface area contributed by atoms with E-state index < -0.39 is 4.92 Å². The van der Waals surface area contributed by atoms with Crippen LogP contribution < -0.4 is 0 Å². The number of nitro groups is 1. The topological polar surface area (TPSA) is 52.4 Å². The summed E-state index contributed by atoms with van der Waals surface area (Å²) in [4.78, 5) is 9.94. The van der Waals surface area contributed by atoms with Gasteiger partial charge in [0.25, 0.3) is 5.69 Å². The van der Waals surface area contributed by atoms with Crippen molar-refractivity contribution in [2.45, 2.75) is 12.5 Å². The van der Waals surface area contributed by atoms with Gasteiger partial charge in [-0.2, -0.15) is 0 Å². The predicted octanol–water partition coefficient (Wildman–Crippen LogP) is 2.06. The van der Waals surface area contributed by atoms with Crippen LogP contribution in [-0.4, -0.2) is 11.5 Å². The molecule has 1 heterocycles. The van der Waals surface area contributed by atoms with Gasteiger partial charge in [0.15, 0.2) is 0 Å². The fourth-order valence-electron chi connectivity index (χ4n) is 1.31. The molecule has 1 aromatic carbocycles. The van der Waals surface area contributed by atoms with Gasteiger partial charge in [0.05, 0.1) is 17.6 Å². The number of nitrogens with zero attached hydrogens (tertiary/aromatic N) is 1. The number of hydrogen-bond acceptors (Lipinski definition) is 3. The van der Waals surface area contributed by atoms with Gasteiger partial charge in [-0.05, 0) is 17.7 Å². The molecular formula is C9H9NO3. The maximum absolute atomic E-state index is 10.3. The Balaban J connectivity index is 2.17. The van der Waals surface area contributed by atoms with Crippen molar-refractivity contribution in [3.8, 4) is 0 Å². The Morgan fingerprint density at radius 1 is 1.38 bits per heavy atom. The lowest BCUT2D eigenvalue weighted by atomic mass is 10.0. The molecule has 0 radical (unpaired) electrons. The minimum Gasteiger partial charge on any atom is -0.373 e. The van der Waals surface area contributed by atoms with Gasteiger partial charge in [-0.1, -0.05) is 0 Å². The average molecular weight is 179 g/mol. The molecule has 0 bridgehead atoms. The molecule has 1 aliphatic rings. The van der Waals surface area contributed by atoms with E-state index in [9.17, 15) is 10.1 Å². The van der Waals surface area contributed by atoms with Crippen LogP contribution in [0.15, 0.2) is 24.3 Å². The number of nitro benzene ring substituents is 1. The van der Waals surface area contributed by atoms with E-state index in [4.69, 9.17) is 4.74 Å². The first-order chi connectivity index (χ1) is 6.27. The van der Waals surface area contributed by atoms with Crippen molar-refractivity contribution in [1.29, 1.82) is 0 Å². The summed E-state index contributed by atoms with van der Waals surface area (Å²) in [7, 11) is 0. The highest BCUT2D eigenvalue weighted by Gasteiger charge is 2.20. The molecule has 1 atom stereocenters. The van der Waals surface area contributed by atoms with Crippen LogP contribution >= 0.6 is 0 Å². The van der Waals surface area contributed by atoms with Gasteiger partial charge in [-0.15, -0.1) is 0 Å². The van der Waals surface area contributed by atoms with E-state index in [1.54, 1.807) is 12.1 Å². The van der Waals surface area contributed by atoms with Gasteiger partial charge in [0.2, 0.25) is 0 Å². The molecule has 13 heavy (non-hydrogen) atoms. The molecule has 1 aliphatic heterocycles. The maximum Gasteiger partial charge on any atom is 0.269 e. The molecule has 0 aromatic heterocycles. The molecule has 4 heteroatoms. The lowest BCUT2D eigenvalue weighted by Gasteiger charge is -2.26. The highest BCUT2D eigenvalue weighted by molar-refractivity contribution is 5.34. The SMILES string of the molecule is O=[N+]([O-])c1ccc([C@@H]2CCO2)cc1. The molecule has 1 aromatic rings. The fourth-order valence-corrected chi connectivity index (χ4v) is 1.31. The number of hydrogen-bond donors (Lipinski definition) is 0. The zero-order chi connectivity index (χ0) is 9.26. The van der Waals surface area contributed by atoms with Crippen LogP contribution in [-0.2, 0) is 4.74 Å². The summed E-state index contributed by atoms with van der Waals surface area (Å²) in [5.41, 5.74) is 1.15. The first-order valence-electron chi connectivity index (χ1n) is 4.13. The van der Waals surface area contributed by atoms with Crippen molar-refractivity contribution in [2.24, 2.45) is 0 Å². The van der Waals surface area contributed by atoms with Crippen LogP contribution in [0.25, 0.3) is 0 Å². The van der Waals surface area contributed by atoms with Crippen molar-refractivity contribution in [3.63, 3.8) is 0 Å². The smallest absolute Gasteiger partial charge is 0.269 e. The summed E-state index contributed by atoms with van der Waals surface area (Å²) in [6.07, 6.45) is 1.17. The van der Waals surface area contributed by atoms with Gasteiger partial charge in [-0.25, -0.2) is 0 Å². The second-order valence-corrected chi connectivity index (χ2v) is 3.00. The predicted molar refractivity (Wildman–Crippen MR) is 46.4 cm³/mol. The maximum atomic E-state index is 10.3. The number of benzene rings is 1. The summed E-state index contributed by atoms with van der Waals surface area (Å²) >= 11 is 0. The number of non-ortho nitro benzene ring substituents is 1. The normalized spacial score (nSPS) is 20.8. The summed E-state index contributed by atoms with van der Waals surface area (Å²) in [6, 6.07) is 6.53. The Labute approximate surface area is 75.3 Å². The minimum atomic E-state index is -0.397. The highest BCUT2D eigenvalue weighted by Crippen LogP contribution is 2.29. The third-order valence-corrected chi connectivity index (χ3v) is 2.17. The molecule has 0 spiro atoms. The van der Waals surface area contributed by atoms with Gasteiger partial charge in [0, 0.05) is 18.6 Å². The quantitative estimate of drug-likeness (QED) is 0.515. The molecule has 1 fully saturated rings. The van der Waals surface area contributed by atoms with Gasteiger partial charge < -0.3 is 4.74 Å². The van der Waals surface area contributed by atoms with Crippen molar-refractivity contribution in [2.75, 3.05) is 6.61 Å². The van der Waals surface area contributed by atoms with Crippen LogP contribution in [0.3, 0.4) is 0 Å². The van der Waals surface area contributed by atoms with Crippen molar-refractivity contribution in [3.05, 3.63) is 39.9 Å². The Bertz CT molecular complexity index is 316. The molecule has 4 nitrogen and oxygen atoms in total. The Hall–Kier alpha value is -1.42. The molecule has 0 N–H and O–H groups in total. The number of rotatable bonds is 2. The average Bonchev–Trinajstić information content (AvgIpc) is 2.02. The van der Waals surface area contributed by atoms with E-state index in [1.165, 1.54) is 12.1 Å². The van der Waals surface area contributed by atoms with E-state index in [-0.39, 0.29) is 11.8 Å². The largest absolute Gasteiger partial charge is 0.373 e. The molecule has 0 amide bonds. The third kappa shape index (κ3) is 1.53. The standard InChI is InChI=1S/C9H9NO3/c11-10(12)8-3-1-7(2-4-8)9-5-6-13-9/h1-4,9H,5-6H2/t9-/m0/s1. The highest BCUT2D eigenvalue weighted by atomic mass is 16.6. The first-order valence-corrected chi connectivity index (χ1v) is 4.13. The van der Waals surface area contributed by atoms with Crippen LogP contribution in [0.4, 0.5) is 5.69 Å². The molecular weight excluding hydrogens is 170 g/mol. The zero-order valence-electron chi connectivity index (χ0n) is 6.97. The van der Waals surface area contributed by atoms with Gasteiger partial charge in [-0.3, -0.25) is 10.1 Å². The molecule has 1 saturated heterocycles. The van der Waals surface area contributed by atoms with E-state index in [0.717, 1.165) is 18.6 Å². The second kappa shape index (κ2) is 3.14. The lowest BCUT2D eigenvalue weighted by Crippen LogP contribution is -2.17. The van der Waals surface area contributed by atoms with Crippen LogP contribution in [0.1, 0.15) is 18.1 Å². The van der Waals surface area contributed by atoms with Crippen LogP contribution in [0, 0.1) is 10.1 Å². The molecule has 0 saturated carbocycles. The summed E-state index contributed by atoms with van der Waals surface area (Å²) < 4.78 is 5.25. The lowest BCUT2D eigenvalue weighted by molar-refractivity contribution is -0.384. The van der Waals surface area contributed by atoms with Crippen molar-refractivity contribution >= 4 is 5.69 Å². The summed E-state index contributed by atoms with van der Waals surface area (Å²) in [5, 5.41) is 10.3. The van der Waals surface area contributed by atoms with Crippen molar-refractivity contribution < 1.29 is 9.66 Å². The van der Waals surface area contributed by atoms with Gasteiger partial charge >= 0.3 is 0 Å². The summed E-state index contributed by atoms with van der Waals surface area (Å²) in [5.74, 6) is 0. The molecule has 0 unspecified atom stereocenters. The summed E-state index contributed by atoms with van der Waals surface area (Å²) in [6.45, 7) is 0.793. The van der Waals surface area contributed by atoms with E-state index in [1.807, 2.05) is 0 Å².